The summed E-state index contributed by atoms with van der Waals surface area (Å²) in [6.45, 7) is 2.21. The zero-order valence-corrected chi connectivity index (χ0v) is 17.0. The second-order valence-electron chi connectivity index (χ2n) is 6.37. The van der Waals surface area contributed by atoms with Crippen molar-refractivity contribution in [3.05, 3.63) is 45.1 Å². The number of nitrogens with zero attached hydrogens (tertiary/aromatic N) is 1. The minimum absolute atomic E-state index is 0.257. The Morgan fingerprint density at radius 2 is 2.04 bits per heavy atom. The van der Waals surface area contributed by atoms with Crippen LogP contribution < -0.4 is 4.74 Å². The predicted molar refractivity (Wildman–Crippen MR) is 113 cm³/mol. The first-order chi connectivity index (χ1) is 13.2. The number of hydrogen-bond donors (Lipinski definition) is 0. The predicted octanol–water partition coefficient (Wildman–Crippen LogP) is 5.78. The van der Waals surface area contributed by atoms with E-state index >= 15 is 0 Å². The Kier molecular flexibility index (Phi) is 5.27. The number of aliphatic imine (C=N–C) groups is 1. The maximum Gasteiger partial charge on any atom is 0.341 e. The fourth-order valence-corrected chi connectivity index (χ4v) is 5.78. The van der Waals surface area contributed by atoms with Gasteiger partial charge in [0.1, 0.15) is 10.8 Å². The highest BCUT2D eigenvalue weighted by molar-refractivity contribution is 7.21. The molecule has 0 fully saturated rings. The fourth-order valence-electron chi connectivity index (χ4n) is 3.51. The number of ether oxygens (including phenoxy) is 2. The highest BCUT2D eigenvalue weighted by atomic mass is 32.1. The number of hydrogen-bond acceptors (Lipinski definition) is 6. The molecular weight excluding hydrogens is 378 g/mol. The zero-order valence-electron chi connectivity index (χ0n) is 15.4. The van der Waals surface area contributed by atoms with Crippen LogP contribution in [-0.2, 0) is 17.6 Å². The van der Waals surface area contributed by atoms with Crippen LogP contribution in [-0.4, -0.2) is 25.9 Å². The molecule has 0 saturated carbocycles. The van der Waals surface area contributed by atoms with Crippen LogP contribution in [0.2, 0.25) is 0 Å². The molecule has 0 bridgehead atoms. The van der Waals surface area contributed by atoms with Crippen LogP contribution in [0.5, 0.6) is 5.75 Å². The molecule has 3 aromatic rings. The fraction of sp³-hybridized carbons (Fsp3) is 0.333. The van der Waals surface area contributed by atoms with E-state index in [1.54, 1.807) is 29.8 Å². The summed E-state index contributed by atoms with van der Waals surface area (Å²) in [4.78, 5) is 19.5. The number of thiophene rings is 2. The van der Waals surface area contributed by atoms with E-state index in [0.29, 0.717) is 12.2 Å². The van der Waals surface area contributed by atoms with Crippen LogP contribution in [0.15, 0.2) is 29.3 Å². The van der Waals surface area contributed by atoms with Gasteiger partial charge in [0.15, 0.2) is 0 Å². The van der Waals surface area contributed by atoms with Gasteiger partial charge in [-0.25, -0.2) is 9.79 Å². The third kappa shape index (κ3) is 3.39. The van der Waals surface area contributed by atoms with E-state index in [1.807, 2.05) is 25.3 Å². The van der Waals surface area contributed by atoms with E-state index in [4.69, 9.17) is 14.5 Å². The van der Waals surface area contributed by atoms with E-state index in [2.05, 4.69) is 12.1 Å². The Hall–Kier alpha value is -2.18. The van der Waals surface area contributed by atoms with Crippen molar-refractivity contribution in [1.82, 2.24) is 0 Å². The molecule has 0 radical (unpaired) electrons. The summed E-state index contributed by atoms with van der Waals surface area (Å²) in [5.74, 6) is 0.575. The Morgan fingerprint density at radius 1 is 1.22 bits per heavy atom. The normalized spacial score (nSPS) is 13.9. The van der Waals surface area contributed by atoms with Crippen LogP contribution in [0.4, 0.5) is 5.00 Å². The number of fused-ring (bicyclic) bond motifs is 2. The molecule has 1 aliphatic carbocycles. The first-order valence-electron chi connectivity index (χ1n) is 9.14. The number of carbonyl (C=O) groups excluding carboxylic acids is 1. The summed E-state index contributed by atoms with van der Waals surface area (Å²) in [7, 11) is 1.68. The van der Waals surface area contributed by atoms with Gasteiger partial charge < -0.3 is 9.47 Å². The molecule has 1 aromatic carbocycles. The molecule has 2 heterocycles. The first-order valence-corrected chi connectivity index (χ1v) is 10.8. The van der Waals surface area contributed by atoms with Gasteiger partial charge in [-0.05, 0) is 50.3 Å². The topological polar surface area (TPSA) is 47.9 Å². The molecule has 0 atom stereocenters. The number of benzene rings is 1. The van der Waals surface area contributed by atoms with Crippen molar-refractivity contribution in [2.24, 2.45) is 4.99 Å². The molecule has 0 spiro atoms. The van der Waals surface area contributed by atoms with Crippen LogP contribution in [0.1, 0.15) is 45.4 Å². The Labute approximate surface area is 166 Å². The number of methoxy groups -OCH3 is 1. The maximum absolute atomic E-state index is 12.6. The number of carbonyl (C=O) groups is 1. The minimum Gasteiger partial charge on any atom is -0.495 e. The summed E-state index contributed by atoms with van der Waals surface area (Å²) in [6.07, 6.45) is 6.06. The van der Waals surface area contributed by atoms with Crippen molar-refractivity contribution in [3.63, 3.8) is 0 Å². The highest BCUT2D eigenvalue weighted by Gasteiger charge is 2.26. The van der Waals surface area contributed by atoms with Crippen LogP contribution >= 0.6 is 22.7 Å². The second-order valence-corrected chi connectivity index (χ2v) is 8.53. The Bertz CT molecular complexity index is 1020. The summed E-state index contributed by atoms with van der Waals surface area (Å²) >= 11 is 3.26. The molecule has 0 aliphatic heterocycles. The van der Waals surface area contributed by atoms with Gasteiger partial charge in [-0.15, -0.1) is 22.7 Å². The van der Waals surface area contributed by atoms with Gasteiger partial charge in [-0.3, -0.25) is 0 Å². The van der Waals surface area contributed by atoms with Crippen molar-refractivity contribution in [3.8, 4) is 5.75 Å². The Balaban J connectivity index is 1.76. The second kappa shape index (κ2) is 7.82. The van der Waals surface area contributed by atoms with Crippen molar-refractivity contribution in [2.45, 2.75) is 32.6 Å². The molecule has 0 N–H and O–H groups in total. The lowest BCUT2D eigenvalue weighted by molar-refractivity contribution is 0.0526. The SMILES string of the molecule is CCOC(=O)c1c(/N=C/c2sc3ccccc3c2OC)sc2c1CCCC2. The molecule has 0 saturated heterocycles. The van der Waals surface area contributed by atoms with Crippen LogP contribution in [0, 0.1) is 0 Å². The molecule has 27 heavy (non-hydrogen) atoms. The van der Waals surface area contributed by atoms with Gasteiger partial charge in [-0.2, -0.15) is 0 Å². The molecule has 140 valence electrons. The maximum atomic E-state index is 12.6. The molecule has 4 rings (SSSR count). The van der Waals surface area contributed by atoms with Crippen LogP contribution in [0.25, 0.3) is 10.1 Å². The smallest absolute Gasteiger partial charge is 0.341 e. The first kappa shape index (κ1) is 18.2. The molecule has 0 unspecified atom stereocenters. The van der Waals surface area contributed by atoms with Crippen molar-refractivity contribution < 1.29 is 14.3 Å². The lowest BCUT2D eigenvalue weighted by Crippen LogP contribution is -2.09. The lowest BCUT2D eigenvalue weighted by Gasteiger charge is -2.11. The number of esters is 1. The third-order valence-corrected chi connectivity index (χ3v) is 7.00. The van der Waals surface area contributed by atoms with Crippen molar-refractivity contribution >= 4 is 49.9 Å². The molecule has 4 nitrogen and oxygen atoms in total. The summed E-state index contributed by atoms with van der Waals surface area (Å²) in [6, 6.07) is 8.15. The van der Waals surface area contributed by atoms with Crippen molar-refractivity contribution in [2.75, 3.05) is 13.7 Å². The molecule has 2 aromatic heterocycles. The molecule has 1 aliphatic rings. The highest BCUT2D eigenvalue weighted by Crippen LogP contribution is 2.41. The lowest BCUT2D eigenvalue weighted by atomic mass is 9.95. The van der Waals surface area contributed by atoms with E-state index < -0.39 is 0 Å². The van der Waals surface area contributed by atoms with E-state index in [0.717, 1.165) is 50.5 Å². The van der Waals surface area contributed by atoms with Gasteiger partial charge >= 0.3 is 5.97 Å². The monoisotopic (exact) mass is 399 g/mol. The zero-order chi connectivity index (χ0) is 18.8. The standard InChI is InChI=1S/C21H21NO3S2/c1-3-25-21(23)18-13-8-4-6-10-15(13)27-20(18)22-12-17-19(24-2)14-9-5-7-11-16(14)26-17/h5,7,9,11-12H,3-4,6,8,10H2,1-2H3/b22-12+. The number of rotatable bonds is 5. The molecule has 0 amide bonds. The number of aryl methyl sites for hydroxylation is 1. The van der Waals surface area contributed by atoms with Gasteiger partial charge in [0.25, 0.3) is 0 Å². The van der Waals surface area contributed by atoms with Gasteiger partial charge in [0.2, 0.25) is 0 Å². The van der Waals surface area contributed by atoms with Crippen LogP contribution in [0.3, 0.4) is 0 Å². The van der Waals surface area contributed by atoms with E-state index in [9.17, 15) is 4.79 Å². The average molecular weight is 400 g/mol. The molecular formula is C21H21NO3S2. The summed E-state index contributed by atoms with van der Waals surface area (Å²) < 4.78 is 12.1. The quantitative estimate of drug-likeness (QED) is 0.404. The summed E-state index contributed by atoms with van der Waals surface area (Å²) in [5, 5.41) is 1.84. The van der Waals surface area contributed by atoms with Crippen molar-refractivity contribution in [1.29, 1.82) is 0 Å². The average Bonchev–Trinajstić information content (AvgIpc) is 3.23. The van der Waals surface area contributed by atoms with Gasteiger partial charge in [0, 0.05) is 21.2 Å². The largest absolute Gasteiger partial charge is 0.495 e. The van der Waals surface area contributed by atoms with E-state index in [-0.39, 0.29) is 5.97 Å². The molecule has 6 heteroatoms. The minimum atomic E-state index is -0.257. The third-order valence-electron chi connectivity index (χ3n) is 4.71. The Morgan fingerprint density at radius 3 is 2.85 bits per heavy atom. The van der Waals surface area contributed by atoms with Gasteiger partial charge in [-0.1, -0.05) is 12.1 Å². The van der Waals surface area contributed by atoms with E-state index in [1.165, 1.54) is 11.3 Å². The van der Waals surface area contributed by atoms with Gasteiger partial charge in [0.05, 0.1) is 24.2 Å². The summed E-state index contributed by atoms with van der Waals surface area (Å²) in [5.41, 5.74) is 1.80.